The molecule has 2 aromatic carbocycles. The molecule has 2 atom stereocenters. The molecule has 32 heavy (non-hydrogen) atoms. The number of nitrogens with zero attached hydrogens (tertiary/aromatic N) is 1. The first kappa shape index (κ1) is 23.5. The normalized spacial score (nSPS) is 16.8. The number of likely N-dealkylation sites (tertiary alicyclic amines) is 1. The zero-order chi connectivity index (χ0) is 22.8. The molecule has 1 saturated heterocycles. The molecular formula is C26H33N3O3. The van der Waals surface area contributed by atoms with Gasteiger partial charge in [-0.1, -0.05) is 55.5 Å². The smallest absolute Gasteiger partial charge is 0.251 e. The van der Waals surface area contributed by atoms with Gasteiger partial charge < -0.3 is 15.5 Å². The van der Waals surface area contributed by atoms with Crippen molar-refractivity contribution in [3.05, 3.63) is 71.8 Å². The van der Waals surface area contributed by atoms with Crippen LogP contribution in [-0.2, 0) is 16.0 Å². The van der Waals surface area contributed by atoms with Crippen LogP contribution >= 0.6 is 0 Å². The molecule has 0 aromatic heterocycles. The summed E-state index contributed by atoms with van der Waals surface area (Å²) in [4.78, 5) is 40.0. The summed E-state index contributed by atoms with van der Waals surface area (Å²) < 4.78 is 0. The average molecular weight is 436 g/mol. The summed E-state index contributed by atoms with van der Waals surface area (Å²) >= 11 is 0. The Labute approximate surface area is 190 Å². The van der Waals surface area contributed by atoms with Gasteiger partial charge in [-0.15, -0.1) is 0 Å². The summed E-state index contributed by atoms with van der Waals surface area (Å²) in [5, 5.41) is 5.95. The van der Waals surface area contributed by atoms with E-state index in [4.69, 9.17) is 0 Å². The number of amides is 3. The molecule has 3 amide bonds. The maximum absolute atomic E-state index is 13.5. The average Bonchev–Trinajstić information content (AvgIpc) is 2.83. The van der Waals surface area contributed by atoms with E-state index in [9.17, 15) is 14.4 Å². The topological polar surface area (TPSA) is 78.5 Å². The number of hydrogen-bond donors (Lipinski definition) is 2. The standard InChI is InChI=1S/C26H33N3O3/c1-2-10-24(30)27-18-21-13-9-16-29(19-21)26(32)23(17-20-11-5-3-6-12-20)28-25(31)22-14-7-4-8-15-22/h3-8,11-12,14-15,21,23H,2,9-10,13,16-19H2,1H3,(H,27,30)(H,28,31)/t21-,23+/m1/s1. The Morgan fingerprint density at radius 2 is 1.72 bits per heavy atom. The Balaban J connectivity index is 1.68. The van der Waals surface area contributed by atoms with E-state index in [0.29, 0.717) is 38.0 Å². The first-order valence-electron chi connectivity index (χ1n) is 11.5. The maximum atomic E-state index is 13.5. The van der Waals surface area contributed by atoms with Crippen LogP contribution in [0, 0.1) is 5.92 Å². The summed E-state index contributed by atoms with van der Waals surface area (Å²) in [6.07, 6.45) is 3.66. The van der Waals surface area contributed by atoms with Gasteiger partial charge in [-0.25, -0.2) is 0 Å². The quantitative estimate of drug-likeness (QED) is 0.635. The predicted molar refractivity (Wildman–Crippen MR) is 125 cm³/mol. The number of carbonyl (C=O) groups is 3. The van der Waals surface area contributed by atoms with Crippen molar-refractivity contribution in [2.24, 2.45) is 5.92 Å². The molecule has 0 bridgehead atoms. The molecule has 170 valence electrons. The van der Waals surface area contributed by atoms with Gasteiger partial charge in [0.1, 0.15) is 6.04 Å². The molecule has 2 N–H and O–H groups in total. The summed E-state index contributed by atoms with van der Waals surface area (Å²) in [6, 6.07) is 18.1. The molecule has 0 aliphatic carbocycles. The summed E-state index contributed by atoms with van der Waals surface area (Å²) in [7, 11) is 0. The van der Waals surface area contributed by atoms with Crippen molar-refractivity contribution in [2.75, 3.05) is 19.6 Å². The Bertz CT molecular complexity index is 886. The summed E-state index contributed by atoms with van der Waals surface area (Å²) in [6.45, 7) is 3.84. The van der Waals surface area contributed by atoms with Gasteiger partial charge in [0.05, 0.1) is 0 Å². The summed E-state index contributed by atoms with van der Waals surface area (Å²) in [5.41, 5.74) is 1.54. The van der Waals surface area contributed by atoms with Gasteiger partial charge in [-0.3, -0.25) is 14.4 Å². The van der Waals surface area contributed by atoms with Crippen molar-refractivity contribution < 1.29 is 14.4 Å². The highest BCUT2D eigenvalue weighted by Crippen LogP contribution is 2.18. The van der Waals surface area contributed by atoms with E-state index >= 15 is 0 Å². The molecule has 2 aromatic rings. The fourth-order valence-corrected chi connectivity index (χ4v) is 4.11. The highest BCUT2D eigenvalue weighted by atomic mass is 16.2. The number of carbonyl (C=O) groups excluding carboxylic acids is 3. The molecule has 6 heteroatoms. The third-order valence-corrected chi connectivity index (χ3v) is 5.82. The van der Waals surface area contributed by atoms with E-state index in [1.54, 1.807) is 12.1 Å². The Morgan fingerprint density at radius 1 is 1.03 bits per heavy atom. The number of hydrogen-bond acceptors (Lipinski definition) is 3. The summed E-state index contributed by atoms with van der Waals surface area (Å²) in [5.74, 6) is -0.0216. The van der Waals surface area contributed by atoms with E-state index in [1.807, 2.05) is 60.4 Å². The SMILES string of the molecule is CCCC(=O)NC[C@H]1CCCN(C(=O)[C@H](Cc2ccccc2)NC(=O)c2ccccc2)C1. The second-order valence-corrected chi connectivity index (χ2v) is 8.43. The molecule has 1 fully saturated rings. The van der Waals surface area contributed by atoms with E-state index in [-0.39, 0.29) is 23.6 Å². The predicted octanol–water partition coefficient (Wildman–Crippen LogP) is 3.18. The molecule has 1 aliphatic rings. The second kappa shape index (κ2) is 12.0. The van der Waals surface area contributed by atoms with Crippen LogP contribution < -0.4 is 10.6 Å². The zero-order valence-electron chi connectivity index (χ0n) is 18.8. The van der Waals surface area contributed by atoms with E-state index in [0.717, 1.165) is 24.8 Å². The van der Waals surface area contributed by atoms with Crippen molar-refractivity contribution in [2.45, 2.75) is 45.1 Å². The number of nitrogens with one attached hydrogen (secondary N) is 2. The fourth-order valence-electron chi connectivity index (χ4n) is 4.11. The number of piperidine rings is 1. The first-order chi connectivity index (χ1) is 15.6. The molecule has 1 aliphatic heterocycles. The minimum Gasteiger partial charge on any atom is -0.356 e. The minimum absolute atomic E-state index is 0.0630. The molecule has 6 nitrogen and oxygen atoms in total. The Morgan fingerprint density at radius 3 is 2.41 bits per heavy atom. The Hall–Kier alpha value is -3.15. The number of benzene rings is 2. The van der Waals surface area contributed by atoms with Crippen LogP contribution in [0.1, 0.15) is 48.5 Å². The zero-order valence-corrected chi connectivity index (χ0v) is 18.8. The molecule has 0 unspecified atom stereocenters. The highest BCUT2D eigenvalue weighted by molar-refractivity contribution is 5.97. The molecule has 0 spiro atoms. The van der Waals surface area contributed by atoms with Crippen LogP contribution in [0.15, 0.2) is 60.7 Å². The van der Waals surface area contributed by atoms with Gasteiger partial charge in [0.15, 0.2) is 0 Å². The Kier molecular flexibility index (Phi) is 8.84. The van der Waals surface area contributed by atoms with Gasteiger partial charge in [0.25, 0.3) is 5.91 Å². The van der Waals surface area contributed by atoms with Crippen LogP contribution in [0.5, 0.6) is 0 Å². The monoisotopic (exact) mass is 435 g/mol. The van der Waals surface area contributed by atoms with Gasteiger partial charge in [-0.2, -0.15) is 0 Å². The lowest BCUT2D eigenvalue weighted by Gasteiger charge is -2.35. The van der Waals surface area contributed by atoms with Crippen molar-refractivity contribution in [3.63, 3.8) is 0 Å². The molecule has 1 heterocycles. The van der Waals surface area contributed by atoms with Crippen LogP contribution in [0.25, 0.3) is 0 Å². The molecular weight excluding hydrogens is 402 g/mol. The van der Waals surface area contributed by atoms with E-state index in [2.05, 4.69) is 10.6 Å². The van der Waals surface area contributed by atoms with Crippen LogP contribution in [-0.4, -0.2) is 48.3 Å². The maximum Gasteiger partial charge on any atom is 0.251 e. The van der Waals surface area contributed by atoms with Gasteiger partial charge in [-0.05, 0) is 42.9 Å². The van der Waals surface area contributed by atoms with Crippen LogP contribution in [0.4, 0.5) is 0 Å². The van der Waals surface area contributed by atoms with Crippen LogP contribution in [0.2, 0.25) is 0 Å². The first-order valence-corrected chi connectivity index (χ1v) is 11.5. The third kappa shape index (κ3) is 6.94. The highest BCUT2D eigenvalue weighted by Gasteiger charge is 2.30. The van der Waals surface area contributed by atoms with E-state index < -0.39 is 6.04 Å². The fraction of sp³-hybridized carbons (Fsp3) is 0.423. The largest absolute Gasteiger partial charge is 0.356 e. The second-order valence-electron chi connectivity index (χ2n) is 8.43. The van der Waals surface area contributed by atoms with Gasteiger partial charge >= 0.3 is 0 Å². The minimum atomic E-state index is -0.640. The molecule has 0 saturated carbocycles. The van der Waals surface area contributed by atoms with Crippen molar-refractivity contribution in [1.29, 1.82) is 0 Å². The number of rotatable bonds is 9. The van der Waals surface area contributed by atoms with Crippen molar-refractivity contribution in [1.82, 2.24) is 15.5 Å². The van der Waals surface area contributed by atoms with Crippen LogP contribution in [0.3, 0.4) is 0 Å². The third-order valence-electron chi connectivity index (χ3n) is 5.82. The van der Waals surface area contributed by atoms with Crippen molar-refractivity contribution in [3.8, 4) is 0 Å². The lowest BCUT2D eigenvalue weighted by atomic mass is 9.96. The van der Waals surface area contributed by atoms with Gasteiger partial charge in [0, 0.05) is 38.0 Å². The van der Waals surface area contributed by atoms with Crippen molar-refractivity contribution >= 4 is 17.7 Å². The lowest BCUT2D eigenvalue weighted by Crippen LogP contribution is -2.53. The van der Waals surface area contributed by atoms with E-state index in [1.165, 1.54) is 0 Å². The molecule has 0 radical (unpaired) electrons. The van der Waals surface area contributed by atoms with Gasteiger partial charge in [0.2, 0.25) is 11.8 Å². The lowest BCUT2D eigenvalue weighted by molar-refractivity contribution is -0.135. The molecule has 3 rings (SSSR count).